The molecular formula is C14H18N2O. The molecule has 0 unspecified atom stereocenters. The number of ether oxygens (including phenoxy) is 1. The predicted molar refractivity (Wildman–Crippen MR) is 68.2 cm³/mol. The minimum Gasteiger partial charge on any atom is -0.485 e. The minimum absolute atomic E-state index is 0.180. The van der Waals surface area contributed by atoms with E-state index < -0.39 is 0 Å². The van der Waals surface area contributed by atoms with Crippen LogP contribution in [0.2, 0.25) is 0 Å². The van der Waals surface area contributed by atoms with Crippen molar-refractivity contribution in [1.82, 2.24) is 9.78 Å². The summed E-state index contributed by atoms with van der Waals surface area (Å²) in [6.45, 7) is 6.86. The molecule has 0 aliphatic rings. The summed E-state index contributed by atoms with van der Waals surface area (Å²) in [4.78, 5) is 0. The smallest absolute Gasteiger partial charge is 0.157 e. The van der Waals surface area contributed by atoms with Crippen LogP contribution in [0.5, 0.6) is 5.75 Å². The number of nitrogens with zero attached hydrogens (tertiary/aromatic N) is 2. The van der Waals surface area contributed by atoms with Crippen molar-refractivity contribution in [2.75, 3.05) is 0 Å². The van der Waals surface area contributed by atoms with Crippen LogP contribution >= 0.6 is 0 Å². The second-order valence-corrected chi connectivity index (χ2v) is 5.07. The van der Waals surface area contributed by atoms with E-state index in [1.165, 1.54) is 5.56 Å². The quantitative estimate of drug-likeness (QED) is 0.810. The van der Waals surface area contributed by atoms with E-state index in [-0.39, 0.29) is 5.60 Å². The van der Waals surface area contributed by atoms with Gasteiger partial charge in [-0.05, 0) is 26.3 Å². The van der Waals surface area contributed by atoms with Crippen LogP contribution in [0.3, 0.4) is 0 Å². The van der Waals surface area contributed by atoms with Crippen LogP contribution in [0.15, 0.2) is 42.7 Å². The Morgan fingerprint density at radius 3 is 2.53 bits per heavy atom. The summed E-state index contributed by atoms with van der Waals surface area (Å²) in [5.41, 5.74) is 1.05. The lowest BCUT2D eigenvalue weighted by Gasteiger charge is -2.19. The Bertz CT molecular complexity index is 468. The fourth-order valence-electron chi connectivity index (χ4n) is 1.61. The van der Waals surface area contributed by atoms with Crippen molar-refractivity contribution in [2.24, 2.45) is 0 Å². The van der Waals surface area contributed by atoms with Gasteiger partial charge in [0.05, 0.1) is 18.9 Å². The molecule has 1 aromatic heterocycles. The van der Waals surface area contributed by atoms with Gasteiger partial charge in [0.1, 0.15) is 5.60 Å². The summed E-state index contributed by atoms with van der Waals surface area (Å²) in [5.74, 6) is 0.813. The highest BCUT2D eigenvalue weighted by Crippen LogP contribution is 2.17. The lowest BCUT2D eigenvalue weighted by molar-refractivity contribution is 0.131. The van der Waals surface area contributed by atoms with Crippen LogP contribution in [0.4, 0.5) is 0 Å². The van der Waals surface area contributed by atoms with E-state index in [4.69, 9.17) is 4.74 Å². The highest BCUT2D eigenvalue weighted by molar-refractivity contribution is 5.17. The maximum absolute atomic E-state index is 5.74. The van der Waals surface area contributed by atoms with E-state index in [9.17, 15) is 0 Å². The van der Waals surface area contributed by atoms with Gasteiger partial charge in [0.2, 0.25) is 0 Å². The summed E-state index contributed by atoms with van der Waals surface area (Å²) in [6, 6.07) is 10.3. The van der Waals surface area contributed by atoms with Gasteiger partial charge in [0, 0.05) is 0 Å². The SMILES string of the molecule is CC(C)(C)Oc1cnn(Cc2ccccc2)c1. The second kappa shape index (κ2) is 4.62. The normalized spacial score (nSPS) is 11.5. The van der Waals surface area contributed by atoms with Crippen LogP contribution in [0.25, 0.3) is 0 Å². The Kier molecular flexibility index (Phi) is 3.18. The highest BCUT2D eigenvalue weighted by Gasteiger charge is 2.12. The molecule has 0 radical (unpaired) electrons. The molecule has 3 nitrogen and oxygen atoms in total. The van der Waals surface area contributed by atoms with Crippen molar-refractivity contribution in [3.63, 3.8) is 0 Å². The summed E-state index contributed by atoms with van der Waals surface area (Å²) < 4.78 is 7.62. The lowest BCUT2D eigenvalue weighted by Crippen LogP contribution is -2.22. The average Bonchev–Trinajstić information content (AvgIpc) is 2.64. The van der Waals surface area contributed by atoms with E-state index in [0.717, 1.165) is 12.3 Å². The van der Waals surface area contributed by atoms with Gasteiger partial charge in [-0.15, -0.1) is 0 Å². The molecule has 0 saturated heterocycles. The number of rotatable bonds is 3. The van der Waals surface area contributed by atoms with Gasteiger partial charge >= 0.3 is 0 Å². The molecule has 0 atom stereocenters. The summed E-state index contributed by atoms with van der Waals surface area (Å²) in [7, 11) is 0. The van der Waals surface area contributed by atoms with Crippen LogP contribution < -0.4 is 4.74 Å². The molecule has 17 heavy (non-hydrogen) atoms. The molecule has 1 heterocycles. The van der Waals surface area contributed by atoms with Crippen molar-refractivity contribution in [2.45, 2.75) is 32.9 Å². The van der Waals surface area contributed by atoms with Crippen LogP contribution in [-0.2, 0) is 6.54 Å². The molecule has 2 rings (SSSR count). The molecule has 90 valence electrons. The van der Waals surface area contributed by atoms with Gasteiger partial charge in [-0.3, -0.25) is 4.68 Å². The van der Waals surface area contributed by atoms with Crippen molar-refractivity contribution in [3.8, 4) is 5.75 Å². The Balaban J connectivity index is 2.04. The number of aromatic nitrogens is 2. The summed E-state index contributed by atoms with van der Waals surface area (Å²) in [6.07, 6.45) is 3.69. The molecule has 0 amide bonds. The van der Waals surface area contributed by atoms with Gasteiger partial charge in [0.25, 0.3) is 0 Å². The molecule has 0 aliphatic heterocycles. The molecule has 1 aromatic carbocycles. The molecule has 0 fully saturated rings. The third-order valence-corrected chi connectivity index (χ3v) is 2.22. The Morgan fingerprint density at radius 2 is 1.88 bits per heavy atom. The first kappa shape index (κ1) is 11.7. The molecule has 2 aromatic rings. The van der Waals surface area contributed by atoms with E-state index in [0.29, 0.717) is 0 Å². The minimum atomic E-state index is -0.180. The standard InChI is InChI=1S/C14H18N2O/c1-14(2,3)17-13-9-15-16(11-13)10-12-7-5-4-6-8-12/h4-9,11H,10H2,1-3H3. The van der Waals surface area contributed by atoms with Gasteiger partial charge in [-0.25, -0.2) is 0 Å². The number of hydrogen-bond acceptors (Lipinski definition) is 2. The van der Waals surface area contributed by atoms with Crippen LogP contribution in [0.1, 0.15) is 26.3 Å². The molecular weight excluding hydrogens is 212 g/mol. The zero-order chi connectivity index (χ0) is 12.3. The fraction of sp³-hybridized carbons (Fsp3) is 0.357. The third kappa shape index (κ3) is 3.63. The molecule has 0 saturated carbocycles. The molecule has 0 aliphatic carbocycles. The Hall–Kier alpha value is -1.77. The van der Waals surface area contributed by atoms with E-state index in [1.54, 1.807) is 6.20 Å². The molecule has 0 spiro atoms. The van der Waals surface area contributed by atoms with Gasteiger partial charge in [0.15, 0.2) is 5.75 Å². The highest BCUT2D eigenvalue weighted by atomic mass is 16.5. The van der Waals surface area contributed by atoms with Crippen molar-refractivity contribution in [1.29, 1.82) is 0 Å². The first-order chi connectivity index (χ1) is 8.03. The Labute approximate surface area is 102 Å². The van der Waals surface area contributed by atoms with Crippen molar-refractivity contribution < 1.29 is 4.74 Å². The summed E-state index contributed by atoms with van der Waals surface area (Å²) >= 11 is 0. The van der Waals surface area contributed by atoms with Crippen LogP contribution in [0, 0.1) is 0 Å². The zero-order valence-electron chi connectivity index (χ0n) is 10.6. The topological polar surface area (TPSA) is 27.1 Å². The van der Waals surface area contributed by atoms with Crippen LogP contribution in [-0.4, -0.2) is 15.4 Å². The first-order valence-electron chi connectivity index (χ1n) is 5.78. The molecule has 0 N–H and O–H groups in total. The maximum Gasteiger partial charge on any atom is 0.157 e. The molecule has 0 bridgehead atoms. The zero-order valence-corrected chi connectivity index (χ0v) is 10.6. The molecule has 3 heteroatoms. The Morgan fingerprint density at radius 1 is 1.18 bits per heavy atom. The monoisotopic (exact) mass is 230 g/mol. The first-order valence-corrected chi connectivity index (χ1v) is 5.78. The number of hydrogen-bond donors (Lipinski definition) is 0. The second-order valence-electron chi connectivity index (χ2n) is 5.07. The maximum atomic E-state index is 5.74. The van der Waals surface area contributed by atoms with E-state index in [1.807, 2.05) is 49.8 Å². The van der Waals surface area contributed by atoms with Crippen molar-refractivity contribution in [3.05, 3.63) is 48.3 Å². The lowest BCUT2D eigenvalue weighted by atomic mass is 10.2. The fourth-order valence-corrected chi connectivity index (χ4v) is 1.61. The average molecular weight is 230 g/mol. The summed E-state index contributed by atoms with van der Waals surface area (Å²) in [5, 5.41) is 4.29. The van der Waals surface area contributed by atoms with Gasteiger partial charge < -0.3 is 4.74 Å². The van der Waals surface area contributed by atoms with Crippen molar-refractivity contribution >= 4 is 0 Å². The predicted octanol–water partition coefficient (Wildman–Crippen LogP) is 3.11. The van der Waals surface area contributed by atoms with Gasteiger partial charge in [-0.2, -0.15) is 5.10 Å². The number of benzene rings is 1. The third-order valence-electron chi connectivity index (χ3n) is 2.22. The van der Waals surface area contributed by atoms with E-state index in [2.05, 4.69) is 17.2 Å². The van der Waals surface area contributed by atoms with E-state index >= 15 is 0 Å². The van der Waals surface area contributed by atoms with Gasteiger partial charge in [-0.1, -0.05) is 30.3 Å². The largest absolute Gasteiger partial charge is 0.485 e.